The number of ether oxygens (including phenoxy) is 1. The zero-order valence-electron chi connectivity index (χ0n) is 56.3. The van der Waals surface area contributed by atoms with Crippen LogP contribution in [0.2, 0.25) is 10.0 Å². The largest absolute Gasteiger partial charge is 0.493 e. The predicted octanol–water partition coefficient (Wildman–Crippen LogP) is 25.6. The van der Waals surface area contributed by atoms with Gasteiger partial charge in [0.1, 0.15) is 17.4 Å². The first-order valence-corrected chi connectivity index (χ1v) is 31.5. The molecular formula is C78H110Cl2F2O. The van der Waals surface area contributed by atoms with Gasteiger partial charge in [0.15, 0.2) is 0 Å². The number of hydrogen-bond donors (Lipinski definition) is 0. The van der Waals surface area contributed by atoms with Gasteiger partial charge in [-0.25, -0.2) is 8.78 Å². The molecule has 0 saturated carbocycles. The van der Waals surface area contributed by atoms with Crippen LogP contribution in [0.1, 0.15) is 255 Å². The molecule has 0 amide bonds. The summed E-state index contributed by atoms with van der Waals surface area (Å²) in [5.41, 5.74) is 20.8. The number of hydrogen-bond acceptors (Lipinski definition) is 1. The molecule has 0 aliphatic rings. The molecule has 83 heavy (non-hydrogen) atoms. The van der Waals surface area contributed by atoms with E-state index in [0.717, 1.165) is 63.1 Å². The molecule has 456 valence electrons. The first kappa shape index (κ1) is 75.8. The maximum Gasteiger partial charge on any atom is 0.126 e. The van der Waals surface area contributed by atoms with Crippen LogP contribution in [0.3, 0.4) is 0 Å². The SMILES string of the molecule is CC(C)c1c(Cl)cccc1Cl.CCc1cccc(CC)c1C(C)C.Cc1cccc(C)c1C(C)C.Cc1cccc(C)c1C(C)C.Cc1cccc(F)c1C(C)C.Cc1cccc(F)c1C(C)C.Cc1cccc(OCC(C)C)c1C(C)C. The van der Waals surface area contributed by atoms with Gasteiger partial charge in [0.25, 0.3) is 0 Å². The van der Waals surface area contributed by atoms with Crippen LogP contribution >= 0.6 is 23.2 Å². The van der Waals surface area contributed by atoms with Crippen molar-refractivity contribution in [3.63, 3.8) is 0 Å². The van der Waals surface area contributed by atoms with Crippen molar-refractivity contribution in [3.8, 4) is 5.75 Å². The third-order valence-electron chi connectivity index (χ3n) is 14.6. The van der Waals surface area contributed by atoms with Gasteiger partial charge in [0.2, 0.25) is 0 Å². The van der Waals surface area contributed by atoms with E-state index in [4.69, 9.17) is 27.9 Å². The van der Waals surface area contributed by atoms with Crippen molar-refractivity contribution in [1.29, 1.82) is 0 Å². The summed E-state index contributed by atoms with van der Waals surface area (Å²) in [4.78, 5) is 0. The van der Waals surface area contributed by atoms with Crippen LogP contribution in [0.4, 0.5) is 8.78 Å². The predicted molar refractivity (Wildman–Crippen MR) is 366 cm³/mol. The van der Waals surface area contributed by atoms with Gasteiger partial charge in [-0.05, 0) is 228 Å². The van der Waals surface area contributed by atoms with E-state index < -0.39 is 0 Å². The molecule has 5 heteroatoms. The Hall–Kier alpha value is -5.22. The highest BCUT2D eigenvalue weighted by Gasteiger charge is 2.14. The Balaban J connectivity index is 0.000000486. The highest BCUT2D eigenvalue weighted by Crippen LogP contribution is 2.32. The summed E-state index contributed by atoms with van der Waals surface area (Å²) in [7, 11) is 0. The second kappa shape index (κ2) is 38.7. The fourth-order valence-electron chi connectivity index (χ4n) is 11.1. The molecule has 0 aromatic heterocycles. The van der Waals surface area contributed by atoms with E-state index in [2.05, 4.69) is 204 Å². The average Bonchev–Trinajstić information content (AvgIpc) is 3.43. The van der Waals surface area contributed by atoms with Crippen molar-refractivity contribution < 1.29 is 13.5 Å². The van der Waals surface area contributed by atoms with E-state index >= 15 is 0 Å². The Morgan fingerprint density at radius 2 is 0.566 bits per heavy atom. The normalized spacial score (nSPS) is 10.8. The number of benzene rings is 7. The molecule has 0 bridgehead atoms. The van der Waals surface area contributed by atoms with E-state index in [1.807, 2.05) is 71.9 Å². The fourth-order valence-corrected chi connectivity index (χ4v) is 11.9. The van der Waals surface area contributed by atoms with Gasteiger partial charge in [0.05, 0.1) is 6.61 Å². The lowest BCUT2D eigenvalue weighted by Gasteiger charge is -2.17. The molecule has 7 aromatic rings. The lowest BCUT2D eigenvalue weighted by atomic mass is 9.90. The minimum absolute atomic E-state index is 0.0833. The summed E-state index contributed by atoms with van der Waals surface area (Å²) in [6, 6.07) is 42.0. The molecule has 7 rings (SSSR count). The average molecular weight is 1170 g/mol. The molecule has 0 saturated heterocycles. The van der Waals surface area contributed by atoms with Crippen LogP contribution in [0, 0.1) is 66.0 Å². The maximum absolute atomic E-state index is 13.1. The van der Waals surface area contributed by atoms with Gasteiger partial charge < -0.3 is 4.74 Å². The van der Waals surface area contributed by atoms with Crippen LogP contribution in [0.15, 0.2) is 127 Å². The molecule has 0 spiro atoms. The molecule has 0 N–H and O–H groups in total. The summed E-state index contributed by atoms with van der Waals surface area (Å²) in [6.45, 7) is 54.5. The van der Waals surface area contributed by atoms with Crippen molar-refractivity contribution in [2.75, 3.05) is 6.61 Å². The highest BCUT2D eigenvalue weighted by atomic mass is 35.5. The van der Waals surface area contributed by atoms with Gasteiger partial charge in [0, 0.05) is 10.0 Å². The fraction of sp³-hybridized carbons (Fsp3) is 0.462. The molecule has 0 aliphatic carbocycles. The molecule has 0 atom stereocenters. The van der Waals surface area contributed by atoms with E-state index in [-0.39, 0.29) is 23.5 Å². The highest BCUT2D eigenvalue weighted by molar-refractivity contribution is 6.36. The molecule has 0 heterocycles. The lowest BCUT2D eigenvalue weighted by molar-refractivity contribution is 0.267. The summed E-state index contributed by atoms with van der Waals surface area (Å²) >= 11 is 11.9. The number of halogens is 4. The molecule has 7 aromatic carbocycles. The zero-order valence-corrected chi connectivity index (χ0v) is 57.8. The molecule has 1 nitrogen and oxygen atoms in total. The smallest absolute Gasteiger partial charge is 0.126 e. The van der Waals surface area contributed by atoms with Gasteiger partial charge in [-0.1, -0.05) is 245 Å². The van der Waals surface area contributed by atoms with Gasteiger partial charge >= 0.3 is 0 Å². The Morgan fingerprint density at radius 3 is 0.807 bits per heavy atom. The first-order valence-electron chi connectivity index (χ1n) is 30.7. The summed E-state index contributed by atoms with van der Waals surface area (Å²) in [5.74, 6) is 4.87. The van der Waals surface area contributed by atoms with Gasteiger partial charge in [-0.2, -0.15) is 0 Å². The molecule has 0 unspecified atom stereocenters. The van der Waals surface area contributed by atoms with E-state index in [0.29, 0.717) is 35.5 Å². The minimum Gasteiger partial charge on any atom is -0.493 e. The lowest BCUT2D eigenvalue weighted by Crippen LogP contribution is -2.07. The van der Waals surface area contributed by atoms with Crippen LogP contribution < -0.4 is 4.74 Å². The Bertz CT molecular complexity index is 2530. The van der Waals surface area contributed by atoms with E-state index in [1.165, 1.54) is 67.8 Å². The summed E-state index contributed by atoms with van der Waals surface area (Å²) in [6.07, 6.45) is 2.31. The molecular weight excluding hydrogens is 1060 g/mol. The summed E-state index contributed by atoms with van der Waals surface area (Å²) in [5, 5.41) is 1.51. The third-order valence-corrected chi connectivity index (χ3v) is 15.2. The standard InChI is InChI=1S/C14H22O.C13H20.2C11H16.2C10H13F.C9H10Cl2/c1-10(2)9-15-13-8-6-7-12(5)14(13)11(3)4;1-5-11-8-7-9-12(6-2)13(11)10(3)4;2*1-8(2)11-9(3)6-5-7-10(11)4;2*1-7(2)10-8(3)5-4-6-9(10)11;1-6(2)9-7(10)4-3-5-8(9)11/h6-8,10-11H,9H2,1-5H3;7-10H,5-6H2,1-4H3;2*5-8H,1-4H3;2*4-7H,1-3H3;3-6H,1-2H3. The molecule has 0 aliphatic heterocycles. The maximum atomic E-state index is 13.1. The van der Waals surface area contributed by atoms with Crippen molar-refractivity contribution >= 4 is 23.2 Å². The van der Waals surface area contributed by atoms with Crippen LogP contribution in [0.25, 0.3) is 0 Å². The van der Waals surface area contributed by atoms with Crippen LogP contribution in [0.5, 0.6) is 5.75 Å². The third kappa shape index (κ3) is 25.5. The number of aryl methyl sites for hydroxylation is 9. The quantitative estimate of drug-likeness (QED) is 0.118. The zero-order chi connectivity index (χ0) is 63.4. The van der Waals surface area contributed by atoms with Crippen molar-refractivity contribution in [3.05, 3.63) is 238 Å². The Morgan fingerprint density at radius 1 is 0.313 bits per heavy atom. The van der Waals surface area contributed by atoms with Crippen LogP contribution in [-0.4, -0.2) is 6.61 Å². The minimum atomic E-state index is -0.0833. The van der Waals surface area contributed by atoms with E-state index in [9.17, 15) is 8.78 Å². The Kier molecular flexibility index (Phi) is 35.3. The summed E-state index contributed by atoms with van der Waals surface area (Å²) < 4.78 is 32.0. The topological polar surface area (TPSA) is 9.23 Å². The van der Waals surface area contributed by atoms with E-state index in [1.54, 1.807) is 17.7 Å². The molecule has 0 fully saturated rings. The molecule has 0 radical (unpaired) electrons. The van der Waals surface area contributed by atoms with Crippen LogP contribution in [-0.2, 0) is 12.8 Å². The monoisotopic (exact) mass is 1170 g/mol. The Labute approximate surface area is 517 Å². The number of rotatable bonds is 12. The van der Waals surface area contributed by atoms with Crippen molar-refractivity contribution in [2.45, 2.75) is 227 Å². The second-order valence-corrected chi connectivity index (χ2v) is 25.5. The first-order chi connectivity index (χ1) is 38.9. The van der Waals surface area contributed by atoms with Gasteiger partial charge in [-0.3, -0.25) is 0 Å². The second-order valence-electron chi connectivity index (χ2n) is 24.7. The van der Waals surface area contributed by atoms with Crippen molar-refractivity contribution in [1.82, 2.24) is 0 Å². The van der Waals surface area contributed by atoms with Gasteiger partial charge in [-0.15, -0.1) is 0 Å². The van der Waals surface area contributed by atoms with Crippen molar-refractivity contribution in [2.24, 2.45) is 5.92 Å².